The van der Waals surface area contributed by atoms with Crippen molar-refractivity contribution in [1.82, 2.24) is 24.7 Å². The molecule has 0 aliphatic carbocycles. The quantitative estimate of drug-likeness (QED) is 0.467. The fourth-order valence-corrected chi connectivity index (χ4v) is 3.89. The summed E-state index contributed by atoms with van der Waals surface area (Å²) in [5.74, 6) is 0.189. The van der Waals surface area contributed by atoms with Crippen LogP contribution in [0.2, 0.25) is 0 Å². The Hall–Kier alpha value is -3.80. The smallest absolute Gasteiger partial charge is 0.414 e. The van der Waals surface area contributed by atoms with Crippen molar-refractivity contribution in [3.63, 3.8) is 0 Å². The second kappa shape index (κ2) is 8.38. The number of fused-ring (bicyclic) bond motifs is 1. The summed E-state index contributed by atoms with van der Waals surface area (Å²) in [7, 11) is 1.48. The first-order chi connectivity index (χ1) is 15.2. The van der Waals surface area contributed by atoms with E-state index in [4.69, 9.17) is 16.2 Å². The molecule has 32 heavy (non-hydrogen) atoms. The molecule has 0 saturated heterocycles. The highest BCUT2D eigenvalue weighted by atomic mass is 32.1. The monoisotopic (exact) mass is 456 g/mol. The molecule has 1 amide bonds. The van der Waals surface area contributed by atoms with Gasteiger partial charge in [0.25, 0.3) is 0 Å². The van der Waals surface area contributed by atoms with E-state index in [1.807, 2.05) is 6.07 Å². The lowest BCUT2D eigenvalue weighted by Crippen LogP contribution is -2.31. The van der Waals surface area contributed by atoms with Gasteiger partial charge in [-0.3, -0.25) is 4.90 Å². The molecule has 4 rings (SSSR count). The Kier molecular flexibility index (Phi) is 5.61. The molecule has 0 saturated carbocycles. The van der Waals surface area contributed by atoms with Gasteiger partial charge in [0, 0.05) is 18.1 Å². The van der Waals surface area contributed by atoms with Gasteiger partial charge in [-0.15, -0.1) is 11.3 Å². The first-order valence-corrected chi connectivity index (χ1v) is 10.5. The minimum absolute atomic E-state index is 0.00243. The summed E-state index contributed by atoms with van der Waals surface area (Å²) in [5.41, 5.74) is 13.4. The number of nitrogen functional groups attached to an aromatic ring is 2. The van der Waals surface area contributed by atoms with E-state index in [2.05, 4.69) is 20.1 Å². The van der Waals surface area contributed by atoms with Gasteiger partial charge in [-0.2, -0.15) is 9.49 Å². The third kappa shape index (κ3) is 4.04. The van der Waals surface area contributed by atoms with Crippen LogP contribution in [0.5, 0.6) is 0 Å². The minimum Gasteiger partial charge on any atom is -0.446 e. The van der Waals surface area contributed by atoms with Crippen molar-refractivity contribution in [3.05, 3.63) is 40.5 Å². The number of halogens is 1. The molecule has 0 bridgehead atoms. The highest BCUT2D eigenvalue weighted by Gasteiger charge is 2.24. The fourth-order valence-electron chi connectivity index (χ4n) is 3.18. The van der Waals surface area contributed by atoms with Crippen LogP contribution in [0, 0.1) is 5.13 Å². The number of carbonyl (C=O) groups excluding carboxylic acids is 1. The molecule has 0 aliphatic rings. The maximum absolute atomic E-state index is 13.4. The van der Waals surface area contributed by atoms with Gasteiger partial charge in [-0.1, -0.05) is 0 Å². The summed E-state index contributed by atoms with van der Waals surface area (Å²) in [6, 6.07) is 6.69. The number of nitrogens with zero attached hydrogens (tertiary/aromatic N) is 6. The molecule has 0 aliphatic heterocycles. The Labute approximate surface area is 186 Å². The molecule has 0 radical (unpaired) electrons. The van der Waals surface area contributed by atoms with Crippen molar-refractivity contribution in [2.45, 2.75) is 26.5 Å². The highest BCUT2D eigenvalue weighted by molar-refractivity contribution is 7.10. The molecule has 12 heteroatoms. The van der Waals surface area contributed by atoms with Crippen LogP contribution in [0.3, 0.4) is 0 Å². The van der Waals surface area contributed by atoms with Gasteiger partial charge in [0.05, 0.1) is 18.0 Å². The van der Waals surface area contributed by atoms with E-state index in [1.165, 1.54) is 13.1 Å². The van der Waals surface area contributed by atoms with Crippen LogP contribution in [0.15, 0.2) is 30.5 Å². The number of hydrogen-bond acceptors (Lipinski definition) is 9. The number of aromatic nitrogens is 5. The van der Waals surface area contributed by atoms with Gasteiger partial charge in [-0.05, 0) is 38.1 Å². The molecule has 4 aromatic heterocycles. The number of anilines is 3. The molecule has 166 valence electrons. The predicted molar refractivity (Wildman–Crippen MR) is 121 cm³/mol. The van der Waals surface area contributed by atoms with Crippen LogP contribution in [0.25, 0.3) is 22.6 Å². The van der Waals surface area contributed by atoms with Gasteiger partial charge in [0.1, 0.15) is 11.4 Å². The largest absolute Gasteiger partial charge is 0.446 e. The third-order valence-electron chi connectivity index (χ3n) is 4.54. The summed E-state index contributed by atoms with van der Waals surface area (Å²) in [4.78, 5) is 27.3. The first kappa shape index (κ1) is 21.4. The van der Waals surface area contributed by atoms with Crippen LogP contribution < -0.4 is 16.4 Å². The van der Waals surface area contributed by atoms with Crippen molar-refractivity contribution >= 4 is 45.8 Å². The van der Waals surface area contributed by atoms with Crippen LogP contribution in [-0.4, -0.2) is 44.0 Å². The van der Waals surface area contributed by atoms with Crippen molar-refractivity contribution < 1.29 is 13.9 Å². The number of pyridine rings is 1. The molecular formula is C20H21FN8O2S. The van der Waals surface area contributed by atoms with Crippen LogP contribution in [0.1, 0.15) is 18.7 Å². The van der Waals surface area contributed by atoms with Gasteiger partial charge in [-0.25, -0.2) is 24.4 Å². The number of nitrogens with two attached hydrogens (primary N) is 2. The standard InChI is InChI=1S/C20H21FN8O2S/c1-10(2)31-20(30)28(3)15-16(22)25-18(26-17(15)23)14-12-5-4-8-24-19(12)29(27-14)9-11-6-7-13(21)32-11/h4-8,10H,9H2,1-3H3,(H4,22,23,25,26). The summed E-state index contributed by atoms with van der Waals surface area (Å²) in [6.07, 6.45) is 0.700. The zero-order valence-electron chi connectivity index (χ0n) is 17.6. The lowest BCUT2D eigenvalue weighted by atomic mass is 10.2. The second-order valence-electron chi connectivity index (χ2n) is 7.24. The molecule has 0 spiro atoms. The number of hydrogen-bond donors (Lipinski definition) is 2. The number of amides is 1. The van der Waals surface area contributed by atoms with Gasteiger partial charge in [0.2, 0.25) is 0 Å². The SMILES string of the molecule is CC(C)OC(=O)N(C)c1c(N)nc(-c2nn(Cc3ccc(F)s3)c3ncccc23)nc1N. The van der Waals surface area contributed by atoms with Crippen LogP contribution >= 0.6 is 11.3 Å². The number of rotatable bonds is 5. The van der Waals surface area contributed by atoms with Crippen molar-refractivity contribution in [2.24, 2.45) is 0 Å². The van der Waals surface area contributed by atoms with E-state index in [0.717, 1.165) is 21.1 Å². The summed E-state index contributed by atoms with van der Waals surface area (Å²) in [5, 5.41) is 5.00. The molecule has 0 fully saturated rings. The van der Waals surface area contributed by atoms with Gasteiger partial charge in [0.15, 0.2) is 28.2 Å². The van der Waals surface area contributed by atoms with Gasteiger partial charge < -0.3 is 16.2 Å². The highest BCUT2D eigenvalue weighted by Crippen LogP contribution is 2.32. The summed E-state index contributed by atoms with van der Waals surface area (Å²) >= 11 is 1.04. The van der Waals surface area contributed by atoms with Crippen molar-refractivity contribution in [2.75, 3.05) is 23.4 Å². The summed E-state index contributed by atoms with van der Waals surface area (Å²) in [6.45, 7) is 3.80. The van der Waals surface area contributed by atoms with Crippen LogP contribution in [-0.2, 0) is 11.3 Å². The first-order valence-electron chi connectivity index (χ1n) is 9.68. The molecule has 4 aromatic rings. The topological polar surface area (TPSA) is 138 Å². The Morgan fingerprint density at radius 3 is 2.59 bits per heavy atom. The van der Waals surface area contributed by atoms with E-state index < -0.39 is 6.09 Å². The predicted octanol–water partition coefficient (Wildman–Crippen LogP) is 3.28. The number of carbonyl (C=O) groups is 1. The molecule has 0 atom stereocenters. The average Bonchev–Trinajstić information content (AvgIpc) is 3.30. The average molecular weight is 457 g/mol. The zero-order chi connectivity index (χ0) is 23.0. The Balaban J connectivity index is 1.75. The molecular weight excluding hydrogens is 435 g/mol. The maximum atomic E-state index is 13.4. The van der Waals surface area contributed by atoms with Crippen molar-refractivity contribution in [1.29, 1.82) is 0 Å². The van der Waals surface area contributed by atoms with E-state index >= 15 is 0 Å². The third-order valence-corrected chi connectivity index (χ3v) is 5.40. The number of ether oxygens (including phenoxy) is 1. The van der Waals surface area contributed by atoms with Crippen LogP contribution in [0.4, 0.5) is 26.5 Å². The van der Waals surface area contributed by atoms with E-state index in [-0.39, 0.29) is 34.4 Å². The Bertz CT molecular complexity index is 1280. The van der Waals surface area contributed by atoms with E-state index in [9.17, 15) is 9.18 Å². The zero-order valence-corrected chi connectivity index (χ0v) is 18.4. The normalized spacial score (nSPS) is 11.3. The minimum atomic E-state index is -0.628. The van der Waals surface area contributed by atoms with E-state index in [1.54, 1.807) is 36.9 Å². The lowest BCUT2D eigenvalue weighted by Gasteiger charge is -2.21. The number of thiophene rings is 1. The van der Waals surface area contributed by atoms with Gasteiger partial charge >= 0.3 is 6.09 Å². The molecule has 0 unspecified atom stereocenters. The molecule has 4 heterocycles. The fraction of sp³-hybridized carbons (Fsp3) is 0.250. The Morgan fingerprint density at radius 2 is 1.97 bits per heavy atom. The molecule has 10 nitrogen and oxygen atoms in total. The second-order valence-corrected chi connectivity index (χ2v) is 8.36. The Morgan fingerprint density at radius 1 is 1.25 bits per heavy atom. The summed E-state index contributed by atoms with van der Waals surface area (Å²) < 4.78 is 20.2. The van der Waals surface area contributed by atoms with Crippen molar-refractivity contribution in [3.8, 4) is 11.5 Å². The molecule has 0 aromatic carbocycles. The maximum Gasteiger partial charge on any atom is 0.414 e. The molecule has 4 N–H and O–H groups in total. The lowest BCUT2D eigenvalue weighted by molar-refractivity contribution is 0.124. The van der Waals surface area contributed by atoms with E-state index in [0.29, 0.717) is 23.3 Å².